The van der Waals surface area contributed by atoms with Crippen molar-refractivity contribution in [2.45, 2.75) is 52.4 Å². The second-order valence-electron chi connectivity index (χ2n) is 3.95. The van der Waals surface area contributed by atoms with Crippen molar-refractivity contribution in [3.05, 3.63) is 11.9 Å². The molecule has 0 aliphatic heterocycles. The fourth-order valence-corrected chi connectivity index (χ4v) is 1.31. The first-order chi connectivity index (χ1) is 7.29. The van der Waals surface area contributed by atoms with Gasteiger partial charge in [-0.05, 0) is 24.7 Å². The van der Waals surface area contributed by atoms with E-state index < -0.39 is 0 Å². The first kappa shape index (κ1) is 12.3. The monoisotopic (exact) mass is 205 g/mol. The number of rotatable bonds is 4. The lowest BCUT2D eigenvalue weighted by Crippen LogP contribution is -1.99. The molecular formula is C11H20BN3. The predicted octanol–water partition coefficient (Wildman–Crippen LogP) is 2.40. The summed E-state index contributed by atoms with van der Waals surface area (Å²) in [4.78, 5) is 0. The van der Waals surface area contributed by atoms with Gasteiger partial charge in [0.2, 0.25) is 0 Å². The van der Waals surface area contributed by atoms with E-state index in [1.54, 1.807) is 0 Å². The van der Waals surface area contributed by atoms with Crippen LogP contribution in [-0.4, -0.2) is 22.8 Å². The van der Waals surface area contributed by atoms with Crippen LogP contribution < -0.4 is 0 Å². The van der Waals surface area contributed by atoms with E-state index in [1.165, 1.54) is 12.8 Å². The lowest BCUT2D eigenvalue weighted by atomic mass is 9.91. The first-order valence-corrected chi connectivity index (χ1v) is 5.89. The van der Waals surface area contributed by atoms with Gasteiger partial charge < -0.3 is 0 Å². The van der Waals surface area contributed by atoms with Crippen LogP contribution in [0.1, 0.15) is 45.2 Å². The summed E-state index contributed by atoms with van der Waals surface area (Å²) in [6.07, 6.45) is 5.36. The number of nitrogens with zero attached hydrogens (tertiary/aromatic N) is 3. The van der Waals surface area contributed by atoms with E-state index in [9.17, 15) is 0 Å². The molecule has 1 saturated carbocycles. The minimum Gasteiger partial charge on any atom is -0.252 e. The molecule has 82 valence electrons. The zero-order chi connectivity index (χ0) is 11.3. The topological polar surface area (TPSA) is 30.7 Å². The second-order valence-corrected chi connectivity index (χ2v) is 3.95. The number of aromatic nitrogens is 3. The summed E-state index contributed by atoms with van der Waals surface area (Å²) >= 11 is 0. The highest BCUT2D eigenvalue weighted by Gasteiger charge is 2.22. The molecule has 1 aromatic rings. The van der Waals surface area contributed by atoms with Gasteiger partial charge in [-0.1, -0.05) is 32.3 Å². The standard InChI is InChI=1S/C9H14BN3.C2H6/c1-7(4-10)9-6-13(12-11-9)5-8-2-3-8;1-2/h6-8H,2-5H2,1H3;1-2H3. The highest BCUT2D eigenvalue weighted by atomic mass is 15.4. The Morgan fingerprint density at radius 2 is 2.20 bits per heavy atom. The van der Waals surface area contributed by atoms with Crippen molar-refractivity contribution >= 4 is 7.85 Å². The molecule has 4 heteroatoms. The van der Waals surface area contributed by atoms with Crippen molar-refractivity contribution in [1.29, 1.82) is 0 Å². The molecule has 0 saturated heterocycles. The second kappa shape index (κ2) is 5.94. The average Bonchev–Trinajstić information content (AvgIpc) is 2.96. The Morgan fingerprint density at radius 3 is 2.73 bits per heavy atom. The van der Waals surface area contributed by atoms with Crippen LogP contribution in [0.5, 0.6) is 0 Å². The fourth-order valence-electron chi connectivity index (χ4n) is 1.31. The minimum atomic E-state index is 0.327. The lowest BCUT2D eigenvalue weighted by molar-refractivity contribution is 0.544. The highest BCUT2D eigenvalue weighted by Crippen LogP contribution is 2.30. The van der Waals surface area contributed by atoms with Gasteiger partial charge in [-0.15, -0.1) is 5.10 Å². The summed E-state index contributed by atoms with van der Waals surface area (Å²) < 4.78 is 1.94. The molecule has 0 N–H and O–H groups in total. The molecule has 1 heterocycles. The van der Waals surface area contributed by atoms with E-state index in [1.807, 2.05) is 24.7 Å². The summed E-state index contributed by atoms with van der Waals surface area (Å²) in [6, 6.07) is 0. The van der Waals surface area contributed by atoms with Crippen molar-refractivity contribution in [3.8, 4) is 0 Å². The van der Waals surface area contributed by atoms with Gasteiger partial charge in [0.1, 0.15) is 0 Å². The number of hydrogen-bond donors (Lipinski definition) is 0. The van der Waals surface area contributed by atoms with Crippen LogP contribution >= 0.6 is 0 Å². The minimum absolute atomic E-state index is 0.327. The Kier molecular flexibility index (Phi) is 4.86. The van der Waals surface area contributed by atoms with Crippen molar-refractivity contribution in [2.24, 2.45) is 5.92 Å². The largest absolute Gasteiger partial charge is 0.252 e. The van der Waals surface area contributed by atoms with Crippen LogP contribution in [0.2, 0.25) is 6.32 Å². The molecule has 1 aromatic heterocycles. The van der Waals surface area contributed by atoms with Crippen LogP contribution in [0.25, 0.3) is 0 Å². The molecule has 1 unspecified atom stereocenters. The van der Waals surface area contributed by atoms with Crippen LogP contribution in [-0.2, 0) is 6.54 Å². The Morgan fingerprint density at radius 1 is 1.53 bits per heavy atom. The SMILES string of the molecule is CC.[B]CC(C)c1cn(CC2CC2)nn1. The molecule has 1 aliphatic rings. The molecule has 3 nitrogen and oxygen atoms in total. The van der Waals surface area contributed by atoms with E-state index in [0.29, 0.717) is 12.2 Å². The van der Waals surface area contributed by atoms with Gasteiger partial charge in [-0.2, -0.15) is 0 Å². The van der Waals surface area contributed by atoms with E-state index in [-0.39, 0.29) is 0 Å². The van der Waals surface area contributed by atoms with E-state index in [4.69, 9.17) is 7.85 Å². The summed E-state index contributed by atoms with van der Waals surface area (Å²) in [6.45, 7) is 7.11. The van der Waals surface area contributed by atoms with Gasteiger partial charge >= 0.3 is 0 Å². The molecule has 0 bridgehead atoms. The quantitative estimate of drug-likeness (QED) is 0.706. The normalized spacial score (nSPS) is 16.7. The molecule has 1 aliphatic carbocycles. The zero-order valence-electron chi connectivity index (χ0n) is 9.98. The summed E-state index contributed by atoms with van der Waals surface area (Å²) in [5.41, 5.74) is 1.02. The summed E-state index contributed by atoms with van der Waals surface area (Å²) in [7, 11) is 5.55. The Labute approximate surface area is 93.7 Å². The molecule has 1 fully saturated rings. The molecular weight excluding hydrogens is 185 g/mol. The molecule has 2 radical (unpaired) electrons. The molecule has 2 rings (SSSR count). The first-order valence-electron chi connectivity index (χ1n) is 5.89. The Bertz CT molecular complexity index is 281. The van der Waals surface area contributed by atoms with Gasteiger partial charge in [-0.25, -0.2) is 0 Å². The van der Waals surface area contributed by atoms with Crippen LogP contribution in [0.3, 0.4) is 0 Å². The summed E-state index contributed by atoms with van der Waals surface area (Å²) in [5.74, 6) is 1.18. The third kappa shape index (κ3) is 3.69. The molecule has 1 atom stereocenters. The van der Waals surface area contributed by atoms with Gasteiger partial charge in [-0.3, -0.25) is 4.68 Å². The Balaban J connectivity index is 0.000000531. The van der Waals surface area contributed by atoms with Gasteiger partial charge in [0.25, 0.3) is 0 Å². The third-order valence-corrected chi connectivity index (χ3v) is 2.56. The van der Waals surface area contributed by atoms with E-state index in [2.05, 4.69) is 17.2 Å². The third-order valence-electron chi connectivity index (χ3n) is 2.56. The van der Waals surface area contributed by atoms with Crippen molar-refractivity contribution in [2.75, 3.05) is 0 Å². The Hall–Kier alpha value is -0.795. The summed E-state index contributed by atoms with van der Waals surface area (Å²) in [5, 5.41) is 8.18. The van der Waals surface area contributed by atoms with Crippen LogP contribution in [0.4, 0.5) is 0 Å². The van der Waals surface area contributed by atoms with Gasteiger partial charge in [0.05, 0.1) is 13.5 Å². The average molecular weight is 205 g/mol. The zero-order valence-corrected chi connectivity index (χ0v) is 9.98. The van der Waals surface area contributed by atoms with Gasteiger partial charge in [0, 0.05) is 12.7 Å². The number of hydrogen-bond acceptors (Lipinski definition) is 2. The lowest BCUT2D eigenvalue weighted by Gasteiger charge is -2.01. The molecule has 0 aromatic carbocycles. The predicted molar refractivity (Wildman–Crippen MR) is 63.1 cm³/mol. The van der Waals surface area contributed by atoms with E-state index in [0.717, 1.165) is 18.2 Å². The van der Waals surface area contributed by atoms with Gasteiger partial charge in [0.15, 0.2) is 0 Å². The molecule has 0 amide bonds. The van der Waals surface area contributed by atoms with Crippen LogP contribution in [0, 0.1) is 5.92 Å². The smallest absolute Gasteiger partial charge is 0.0847 e. The van der Waals surface area contributed by atoms with Crippen molar-refractivity contribution in [3.63, 3.8) is 0 Å². The maximum atomic E-state index is 5.55. The van der Waals surface area contributed by atoms with Crippen molar-refractivity contribution in [1.82, 2.24) is 15.0 Å². The molecule has 15 heavy (non-hydrogen) atoms. The molecule has 0 spiro atoms. The van der Waals surface area contributed by atoms with Crippen molar-refractivity contribution < 1.29 is 0 Å². The maximum Gasteiger partial charge on any atom is 0.0847 e. The highest BCUT2D eigenvalue weighted by molar-refractivity contribution is 6.08. The maximum absolute atomic E-state index is 5.55. The van der Waals surface area contributed by atoms with Crippen LogP contribution in [0.15, 0.2) is 6.20 Å². The van der Waals surface area contributed by atoms with E-state index >= 15 is 0 Å². The fraction of sp³-hybridized carbons (Fsp3) is 0.818.